The Kier molecular flexibility index (Phi) is 4.71. The third-order valence-corrected chi connectivity index (χ3v) is 4.11. The Morgan fingerprint density at radius 3 is 2.58 bits per heavy atom. The van der Waals surface area contributed by atoms with Crippen LogP contribution in [0.25, 0.3) is 22.5 Å². The molecule has 0 fully saturated rings. The summed E-state index contributed by atoms with van der Waals surface area (Å²) in [7, 11) is 1.79. The minimum absolute atomic E-state index is 0.107. The van der Waals surface area contributed by atoms with Gasteiger partial charge in [-0.1, -0.05) is 6.07 Å². The second-order valence-electron chi connectivity index (χ2n) is 5.83. The van der Waals surface area contributed by atoms with Crippen molar-refractivity contribution < 1.29 is 13.9 Å². The summed E-state index contributed by atoms with van der Waals surface area (Å²) in [5.74, 6) is -1.02. The Morgan fingerprint density at radius 1 is 1.12 bits per heavy atom. The molecule has 3 aromatic rings. The van der Waals surface area contributed by atoms with Crippen molar-refractivity contribution in [2.24, 2.45) is 0 Å². The number of nitrogen functional groups attached to an aromatic ring is 1. The number of rotatable bonds is 4. The SMILES string of the molecule is CCN(C)c1ccc(-c2ncc(N)nc2-c2cc(F)ccc2O)cc1F. The number of phenols is 1. The van der Waals surface area contributed by atoms with Gasteiger partial charge in [0.25, 0.3) is 0 Å². The molecule has 0 spiro atoms. The number of anilines is 2. The van der Waals surface area contributed by atoms with E-state index in [4.69, 9.17) is 5.73 Å². The molecular formula is C19H18F2N4O. The molecule has 3 N–H and O–H groups in total. The molecule has 0 aliphatic heterocycles. The molecule has 0 aliphatic carbocycles. The molecule has 0 amide bonds. The van der Waals surface area contributed by atoms with E-state index in [0.717, 1.165) is 12.1 Å². The molecule has 2 aromatic carbocycles. The van der Waals surface area contributed by atoms with Gasteiger partial charge in [0, 0.05) is 24.7 Å². The van der Waals surface area contributed by atoms with Crippen LogP contribution in [-0.4, -0.2) is 28.7 Å². The number of nitrogens with zero attached hydrogens (tertiary/aromatic N) is 3. The molecule has 1 aromatic heterocycles. The highest BCUT2D eigenvalue weighted by Crippen LogP contribution is 2.36. The van der Waals surface area contributed by atoms with Gasteiger partial charge in [0.2, 0.25) is 0 Å². The van der Waals surface area contributed by atoms with Gasteiger partial charge < -0.3 is 15.7 Å². The van der Waals surface area contributed by atoms with Crippen LogP contribution in [0.1, 0.15) is 6.92 Å². The van der Waals surface area contributed by atoms with Gasteiger partial charge in [0.1, 0.15) is 28.9 Å². The minimum Gasteiger partial charge on any atom is -0.507 e. The van der Waals surface area contributed by atoms with E-state index in [9.17, 15) is 13.9 Å². The van der Waals surface area contributed by atoms with Gasteiger partial charge in [0.05, 0.1) is 17.6 Å². The van der Waals surface area contributed by atoms with E-state index in [2.05, 4.69) is 9.97 Å². The molecule has 7 heteroatoms. The first-order valence-corrected chi connectivity index (χ1v) is 8.03. The van der Waals surface area contributed by atoms with E-state index in [1.165, 1.54) is 18.3 Å². The Morgan fingerprint density at radius 2 is 1.88 bits per heavy atom. The lowest BCUT2D eigenvalue weighted by molar-refractivity contribution is 0.475. The molecule has 1 heterocycles. The van der Waals surface area contributed by atoms with Crippen molar-refractivity contribution in [3.63, 3.8) is 0 Å². The molecule has 0 saturated heterocycles. The van der Waals surface area contributed by atoms with E-state index in [0.29, 0.717) is 23.5 Å². The van der Waals surface area contributed by atoms with Crippen LogP contribution in [0.4, 0.5) is 20.3 Å². The highest BCUT2D eigenvalue weighted by atomic mass is 19.1. The molecule has 0 bridgehead atoms. The van der Waals surface area contributed by atoms with Crippen molar-refractivity contribution in [3.05, 3.63) is 54.2 Å². The maximum Gasteiger partial charge on any atom is 0.147 e. The van der Waals surface area contributed by atoms with Crippen LogP contribution in [-0.2, 0) is 0 Å². The molecule has 3 rings (SSSR count). The van der Waals surface area contributed by atoms with Gasteiger partial charge in [-0.2, -0.15) is 0 Å². The number of benzene rings is 2. The quantitative estimate of drug-likeness (QED) is 0.743. The van der Waals surface area contributed by atoms with Gasteiger partial charge in [0.15, 0.2) is 0 Å². The first-order chi connectivity index (χ1) is 12.4. The Balaban J connectivity index is 2.18. The second kappa shape index (κ2) is 6.95. The highest BCUT2D eigenvalue weighted by Gasteiger charge is 2.17. The second-order valence-corrected chi connectivity index (χ2v) is 5.83. The fourth-order valence-electron chi connectivity index (χ4n) is 2.63. The number of hydrogen-bond acceptors (Lipinski definition) is 5. The van der Waals surface area contributed by atoms with Crippen LogP contribution >= 0.6 is 0 Å². The summed E-state index contributed by atoms with van der Waals surface area (Å²) in [5.41, 5.74) is 7.22. The number of halogens is 2. The Hall–Kier alpha value is -3.22. The molecule has 0 unspecified atom stereocenters. The summed E-state index contributed by atoms with van der Waals surface area (Å²) in [5, 5.41) is 10.1. The van der Waals surface area contributed by atoms with Crippen LogP contribution in [0.15, 0.2) is 42.6 Å². The Bertz CT molecular complexity index is 962. The molecule has 26 heavy (non-hydrogen) atoms. The number of phenolic OH excluding ortho intramolecular Hbond substituents is 1. The zero-order valence-electron chi connectivity index (χ0n) is 14.4. The summed E-state index contributed by atoms with van der Waals surface area (Å²) in [6.07, 6.45) is 1.33. The molecule has 0 aliphatic rings. The van der Waals surface area contributed by atoms with Crippen LogP contribution in [0.3, 0.4) is 0 Å². The zero-order valence-corrected chi connectivity index (χ0v) is 14.4. The lowest BCUT2D eigenvalue weighted by atomic mass is 10.0. The van der Waals surface area contributed by atoms with Crippen molar-refractivity contribution in [2.45, 2.75) is 6.92 Å². The van der Waals surface area contributed by atoms with E-state index in [1.807, 2.05) is 6.92 Å². The minimum atomic E-state index is -0.543. The van der Waals surface area contributed by atoms with Crippen LogP contribution in [0, 0.1) is 11.6 Å². The first-order valence-electron chi connectivity index (χ1n) is 8.03. The monoisotopic (exact) mass is 356 g/mol. The van der Waals surface area contributed by atoms with Crippen LogP contribution < -0.4 is 10.6 Å². The van der Waals surface area contributed by atoms with Crippen molar-refractivity contribution in [3.8, 4) is 28.3 Å². The lowest BCUT2D eigenvalue weighted by Gasteiger charge is -2.18. The van der Waals surface area contributed by atoms with Crippen molar-refractivity contribution in [1.29, 1.82) is 0 Å². The predicted octanol–water partition coefficient (Wildman–Crippen LogP) is 3.83. The van der Waals surface area contributed by atoms with Gasteiger partial charge in [-0.25, -0.2) is 13.8 Å². The van der Waals surface area contributed by atoms with Crippen LogP contribution in [0.5, 0.6) is 5.75 Å². The fourth-order valence-corrected chi connectivity index (χ4v) is 2.63. The number of aromatic hydroxyl groups is 1. The molecule has 5 nitrogen and oxygen atoms in total. The number of hydrogen-bond donors (Lipinski definition) is 2. The van der Waals surface area contributed by atoms with Gasteiger partial charge >= 0.3 is 0 Å². The fraction of sp³-hybridized carbons (Fsp3) is 0.158. The average molecular weight is 356 g/mol. The molecule has 134 valence electrons. The zero-order chi connectivity index (χ0) is 18.8. The smallest absolute Gasteiger partial charge is 0.147 e. The summed E-state index contributed by atoms with van der Waals surface area (Å²) >= 11 is 0. The molecule has 0 atom stereocenters. The van der Waals surface area contributed by atoms with E-state index in [-0.39, 0.29) is 22.8 Å². The van der Waals surface area contributed by atoms with Gasteiger partial charge in [-0.15, -0.1) is 0 Å². The van der Waals surface area contributed by atoms with E-state index in [1.54, 1.807) is 24.1 Å². The number of nitrogens with two attached hydrogens (primary N) is 1. The lowest BCUT2D eigenvalue weighted by Crippen LogP contribution is -2.17. The Labute approximate surface area is 149 Å². The van der Waals surface area contributed by atoms with Gasteiger partial charge in [-0.3, -0.25) is 4.98 Å². The largest absolute Gasteiger partial charge is 0.507 e. The summed E-state index contributed by atoms with van der Waals surface area (Å²) in [4.78, 5) is 10.2. The normalized spacial score (nSPS) is 10.8. The molecule has 0 saturated carbocycles. The van der Waals surface area contributed by atoms with E-state index < -0.39 is 11.6 Å². The molecular weight excluding hydrogens is 338 g/mol. The van der Waals surface area contributed by atoms with E-state index >= 15 is 0 Å². The third kappa shape index (κ3) is 3.28. The van der Waals surface area contributed by atoms with Crippen molar-refractivity contribution >= 4 is 11.5 Å². The predicted molar refractivity (Wildman–Crippen MR) is 97.8 cm³/mol. The average Bonchev–Trinajstić information content (AvgIpc) is 2.63. The van der Waals surface area contributed by atoms with Crippen LogP contribution in [0.2, 0.25) is 0 Å². The van der Waals surface area contributed by atoms with Crippen molar-refractivity contribution in [1.82, 2.24) is 9.97 Å². The first kappa shape index (κ1) is 17.6. The van der Waals surface area contributed by atoms with Gasteiger partial charge in [-0.05, 0) is 37.3 Å². The standard InChI is InChI=1S/C19H18F2N4O/c1-3-25(2)15-6-4-11(8-14(15)21)18-19(24-17(22)10-23-18)13-9-12(20)5-7-16(13)26/h4-10,26H,3H2,1-2H3,(H2,22,24). The summed E-state index contributed by atoms with van der Waals surface area (Å²) < 4.78 is 28.2. The maximum absolute atomic E-state index is 14.5. The number of aromatic nitrogens is 2. The maximum atomic E-state index is 14.5. The molecule has 0 radical (unpaired) electrons. The van der Waals surface area contributed by atoms with Crippen molar-refractivity contribution in [2.75, 3.05) is 24.2 Å². The highest BCUT2D eigenvalue weighted by molar-refractivity contribution is 5.82. The summed E-state index contributed by atoms with van der Waals surface area (Å²) in [6, 6.07) is 8.16. The summed E-state index contributed by atoms with van der Waals surface area (Å²) in [6.45, 7) is 2.57. The third-order valence-electron chi connectivity index (χ3n) is 4.11. The topological polar surface area (TPSA) is 75.3 Å².